The summed E-state index contributed by atoms with van der Waals surface area (Å²) in [7, 11) is 1.66. The molecule has 0 bridgehead atoms. The molecule has 2 rings (SSSR count). The van der Waals surface area contributed by atoms with Gasteiger partial charge in [0, 0.05) is 16.2 Å². The monoisotopic (exact) mass is 402 g/mol. The van der Waals surface area contributed by atoms with Crippen LogP contribution >= 0.6 is 34.2 Å². The van der Waals surface area contributed by atoms with E-state index < -0.39 is 0 Å². The highest BCUT2D eigenvalue weighted by atomic mass is 127. The molecule has 2 aromatic rings. The zero-order valence-electron chi connectivity index (χ0n) is 10.9. The van der Waals surface area contributed by atoms with E-state index >= 15 is 0 Å². The third-order valence-corrected chi connectivity index (χ3v) is 4.07. The summed E-state index contributed by atoms with van der Waals surface area (Å²) in [6.45, 7) is 1.74. The van der Waals surface area contributed by atoms with E-state index in [4.69, 9.17) is 11.6 Å². The number of nitrogens with zero attached hydrogens (tertiary/aromatic N) is 3. The Morgan fingerprint density at radius 1 is 1.50 bits per heavy atom. The maximum absolute atomic E-state index is 12.0. The van der Waals surface area contributed by atoms with Crippen LogP contribution in [0.3, 0.4) is 0 Å². The number of carbonyl (C=O) groups is 1. The van der Waals surface area contributed by atoms with Crippen molar-refractivity contribution in [3.05, 3.63) is 49.8 Å². The highest BCUT2D eigenvalue weighted by molar-refractivity contribution is 14.1. The van der Waals surface area contributed by atoms with E-state index in [0.717, 1.165) is 9.13 Å². The van der Waals surface area contributed by atoms with Gasteiger partial charge in [-0.25, -0.2) is 5.43 Å². The molecule has 1 heterocycles. The quantitative estimate of drug-likeness (QED) is 0.487. The summed E-state index contributed by atoms with van der Waals surface area (Å²) >= 11 is 8.24. The minimum absolute atomic E-state index is 0.295. The van der Waals surface area contributed by atoms with E-state index in [-0.39, 0.29) is 5.91 Å². The van der Waals surface area contributed by atoms with Crippen LogP contribution in [-0.2, 0) is 7.05 Å². The Labute approximate surface area is 135 Å². The standard InChI is InChI=1S/C13H12ClIN4O/c1-8-11(14)12(19(2)18-8)13(20)17-16-7-9-5-3-4-6-10(9)15/h3-7H,1-2H3,(H,17,20)/b16-7-. The second kappa shape index (κ2) is 6.36. The molecule has 1 aromatic heterocycles. The maximum Gasteiger partial charge on any atom is 0.291 e. The van der Waals surface area contributed by atoms with Crippen molar-refractivity contribution in [2.75, 3.05) is 0 Å². The molecule has 7 heteroatoms. The van der Waals surface area contributed by atoms with Gasteiger partial charge < -0.3 is 0 Å². The number of hydrogen-bond donors (Lipinski definition) is 1. The minimum Gasteiger partial charge on any atom is -0.266 e. The van der Waals surface area contributed by atoms with Crippen LogP contribution in [0, 0.1) is 10.5 Å². The molecule has 104 valence electrons. The summed E-state index contributed by atoms with van der Waals surface area (Å²) in [6.07, 6.45) is 1.59. The zero-order valence-corrected chi connectivity index (χ0v) is 13.8. The lowest BCUT2D eigenvalue weighted by atomic mass is 10.2. The SMILES string of the molecule is Cc1nn(C)c(C(=O)N/N=C\c2ccccc2I)c1Cl. The number of hydrazone groups is 1. The van der Waals surface area contributed by atoms with Crippen molar-refractivity contribution in [1.82, 2.24) is 15.2 Å². The molecule has 0 saturated heterocycles. The van der Waals surface area contributed by atoms with Crippen LogP contribution in [0.5, 0.6) is 0 Å². The third kappa shape index (κ3) is 3.18. The average molecular weight is 403 g/mol. The molecule has 1 amide bonds. The van der Waals surface area contributed by atoms with Crippen molar-refractivity contribution < 1.29 is 4.79 Å². The predicted molar refractivity (Wildman–Crippen MR) is 87.2 cm³/mol. The molecular weight excluding hydrogens is 391 g/mol. The molecule has 0 aliphatic rings. The van der Waals surface area contributed by atoms with Gasteiger partial charge in [-0.1, -0.05) is 29.8 Å². The van der Waals surface area contributed by atoms with Crippen LogP contribution < -0.4 is 5.43 Å². The van der Waals surface area contributed by atoms with Gasteiger partial charge in [0.2, 0.25) is 0 Å². The Morgan fingerprint density at radius 3 is 2.80 bits per heavy atom. The van der Waals surface area contributed by atoms with Crippen LogP contribution in [0.1, 0.15) is 21.7 Å². The molecule has 0 spiro atoms. The van der Waals surface area contributed by atoms with Crippen LogP contribution in [0.25, 0.3) is 0 Å². The smallest absolute Gasteiger partial charge is 0.266 e. The summed E-state index contributed by atoms with van der Waals surface area (Å²) in [5, 5.41) is 8.37. The van der Waals surface area contributed by atoms with Gasteiger partial charge in [-0.3, -0.25) is 9.48 Å². The van der Waals surface area contributed by atoms with E-state index in [1.165, 1.54) is 4.68 Å². The number of rotatable bonds is 3. The normalized spacial score (nSPS) is 11.0. The fourth-order valence-corrected chi connectivity index (χ4v) is 2.44. The summed E-state index contributed by atoms with van der Waals surface area (Å²) in [6, 6.07) is 7.73. The van der Waals surface area contributed by atoms with Gasteiger partial charge in [-0.2, -0.15) is 10.2 Å². The van der Waals surface area contributed by atoms with Crippen LogP contribution in [0.4, 0.5) is 0 Å². The largest absolute Gasteiger partial charge is 0.291 e. The predicted octanol–water partition coefficient (Wildman–Crippen LogP) is 2.75. The number of halogens is 2. The summed E-state index contributed by atoms with van der Waals surface area (Å²) in [5.74, 6) is -0.389. The second-order valence-electron chi connectivity index (χ2n) is 4.09. The van der Waals surface area contributed by atoms with Crippen molar-refractivity contribution in [2.45, 2.75) is 6.92 Å². The topological polar surface area (TPSA) is 59.3 Å². The van der Waals surface area contributed by atoms with E-state index in [1.807, 2.05) is 24.3 Å². The van der Waals surface area contributed by atoms with E-state index in [1.54, 1.807) is 20.2 Å². The average Bonchev–Trinajstić information content (AvgIpc) is 2.65. The fourth-order valence-electron chi connectivity index (χ4n) is 1.67. The molecule has 0 aliphatic carbocycles. The second-order valence-corrected chi connectivity index (χ2v) is 5.63. The molecule has 0 fully saturated rings. The highest BCUT2D eigenvalue weighted by Gasteiger charge is 2.17. The molecule has 0 unspecified atom stereocenters. The zero-order chi connectivity index (χ0) is 14.7. The molecule has 1 N–H and O–H groups in total. The summed E-state index contributed by atoms with van der Waals surface area (Å²) in [4.78, 5) is 12.0. The Kier molecular flexibility index (Phi) is 4.77. The van der Waals surface area contributed by atoms with Gasteiger partial charge in [0.15, 0.2) is 0 Å². The summed E-state index contributed by atoms with van der Waals surface area (Å²) in [5.41, 5.74) is 4.29. The lowest BCUT2D eigenvalue weighted by Gasteiger charge is -2.01. The molecule has 0 saturated carbocycles. The first-order chi connectivity index (χ1) is 9.50. The Hall–Kier alpha value is -1.41. The maximum atomic E-state index is 12.0. The van der Waals surface area contributed by atoms with Crippen LogP contribution in [0.2, 0.25) is 5.02 Å². The number of amides is 1. The van der Waals surface area contributed by atoms with Crippen molar-refractivity contribution in [1.29, 1.82) is 0 Å². The molecule has 0 atom stereocenters. The van der Waals surface area contributed by atoms with Gasteiger partial charge in [0.1, 0.15) is 5.69 Å². The number of nitrogens with one attached hydrogen (secondary N) is 1. The van der Waals surface area contributed by atoms with Gasteiger partial charge in [-0.15, -0.1) is 0 Å². The van der Waals surface area contributed by atoms with E-state index in [9.17, 15) is 4.79 Å². The molecule has 20 heavy (non-hydrogen) atoms. The number of aromatic nitrogens is 2. The number of benzene rings is 1. The van der Waals surface area contributed by atoms with Crippen LogP contribution in [0.15, 0.2) is 29.4 Å². The Bertz CT molecular complexity index is 681. The van der Waals surface area contributed by atoms with E-state index in [0.29, 0.717) is 16.4 Å². The van der Waals surface area contributed by atoms with Crippen molar-refractivity contribution in [3.63, 3.8) is 0 Å². The first-order valence-corrected chi connectivity index (χ1v) is 7.23. The van der Waals surface area contributed by atoms with Gasteiger partial charge in [0.05, 0.1) is 16.9 Å². The van der Waals surface area contributed by atoms with Crippen molar-refractivity contribution in [2.24, 2.45) is 12.1 Å². The highest BCUT2D eigenvalue weighted by Crippen LogP contribution is 2.18. The lowest BCUT2D eigenvalue weighted by Crippen LogP contribution is -2.21. The van der Waals surface area contributed by atoms with Gasteiger partial charge in [0.25, 0.3) is 5.91 Å². The lowest BCUT2D eigenvalue weighted by molar-refractivity contribution is 0.0946. The Balaban J connectivity index is 2.11. The van der Waals surface area contributed by atoms with E-state index in [2.05, 4.69) is 38.2 Å². The molecular formula is C13H12ClIN4O. The van der Waals surface area contributed by atoms with Crippen LogP contribution in [-0.4, -0.2) is 21.9 Å². The number of aryl methyl sites for hydroxylation is 2. The first-order valence-electron chi connectivity index (χ1n) is 5.77. The van der Waals surface area contributed by atoms with Crippen molar-refractivity contribution in [3.8, 4) is 0 Å². The fraction of sp³-hybridized carbons (Fsp3) is 0.154. The van der Waals surface area contributed by atoms with Gasteiger partial charge in [-0.05, 0) is 35.6 Å². The number of hydrogen-bond acceptors (Lipinski definition) is 3. The minimum atomic E-state index is -0.389. The molecule has 0 aliphatic heterocycles. The Morgan fingerprint density at radius 2 is 2.20 bits per heavy atom. The van der Waals surface area contributed by atoms with Gasteiger partial charge >= 0.3 is 0 Å². The number of carbonyl (C=O) groups excluding carboxylic acids is 1. The molecule has 5 nitrogen and oxygen atoms in total. The molecule has 0 radical (unpaired) electrons. The first kappa shape index (κ1) is 15.0. The third-order valence-electron chi connectivity index (χ3n) is 2.64. The van der Waals surface area contributed by atoms with Crippen molar-refractivity contribution >= 4 is 46.3 Å². The summed E-state index contributed by atoms with van der Waals surface area (Å²) < 4.78 is 2.49. The molecule has 1 aromatic carbocycles.